The minimum absolute atomic E-state index is 0.125. The van der Waals surface area contributed by atoms with Crippen LogP contribution in [0.2, 0.25) is 0 Å². The van der Waals surface area contributed by atoms with Gasteiger partial charge in [0.1, 0.15) is 5.69 Å². The van der Waals surface area contributed by atoms with Gasteiger partial charge in [0.25, 0.3) is 5.91 Å². The number of hydrogen-bond donors (Lipinski definition) is 1. The molecular weight excluding hydrogens is 268 g/mol. The molecule has 0 spiro atoms. The maximum atomic E-state index is 12.7. The van der Waals surface area contributed by atoms with Crippen molar-refractivity contribution in [2.45, 2.75) is 32.7 Å². The zero-order chi connectivity index (χ0) is 15.4. The first kappa shape index (κ1) is 15.2. The van der Waals surface area contributed by atoms with Gasteiger partial charge in [-0.2, -0.15) is 0 Å². The zero-order valence-electron chi connectivity index (χ0n) is 12.3. The Balaban J connectivity index is 2.28. The Labute approximate surface area is 124 Å². The standard InChI is InChI=1S/C16H20N2O3/c1-11-5-6-12(2)18(10-11)16(21)15-13(4-3-9-17-15)7-8-14(19)20/h3-4,7-9,11-12H,5-6,10H2,1-2H3,(H,19,20)/b8-7+. The lowest BCUT2D eigenvalue weighted by Crippen LogP contribution is -2.45. The minimum atomic E-state index is -1.04. The van der Waals surface area contributed by atoms with Crippen LogP contribution < -0.4 is 0 Å². The highest BCUT2D eigenvalue weighted by atomic mass is 16.4. The fraction of sp³-hybridized carbons (Fsp3) is 0.438. The number of piperidine rings is 1. The second-order valence-electron chi connectivity index (χ2n) is 5.60. The summed E-state index contributed by atoms with van der Waals surface area (Å²) in [6, 6.07) is 3.59. The molecule has 5 heteroatoms. The number of carbonyl (C=O) groups excluding carboxylic acids is 1. The van der Waals surface area contributed by atoms with Crippen LogP contribution in [-0.4, -0.2) is 39.5 Å². The number of carbonyl (C=O) groups is 2. The fourth-order valence-corrected chi connectivity index (χ4v) is 2.60. The Kier molecular flexibility index (Phi) is 4.73. The third-order valence-corrected chi connectivity index (χ3v) is 3.83. The minimum Gasteiger partial charge on any atom is -0.478 e. The number of aromatic nitrogens is 1. The summed E-state index contributed by atoms with van der Waals surface area (Å²) in [5.74, 6) is -0.691. The molecule has 1 aliphatic heterocycles. The van der Waals surface area contributed by atoms with E-state index in [0.29, 0.717) is 17.2 Å². The van der Waals surface area contributed by atoms with Crippen LogP contribution in [0.25, 0.3) is 6.08 Å². The highest BCUT2D eigenvalue weighted by molar-refractivity contribution is 5.97. The third-order valence-electron chi connectivity index (χ3n) is 3.83. The van der Waals surface area contributed by atoms with Crippen molar-refractivity contribution < 1.29 is 14.7 Å². The molecule has 1 amide bonds. The van der Waals surface area contributed by atoms with E-state index < -0.39 is 5.97 Å². The summed E-state index contributed by atoms with van der Waals surface area (Å²) in [6.07, 6.45) is 6.11. The molecule has 1 saturated heterocycles. The number of nitrogens with zero attached hydrogens (tertiary/aromatic N) is 2. The summed E-state index contributed by atoms with van der Waals surface area (Å²) in [5.41, 5.74) is 0.853. The van der Waals surface area contributed by atoms with Gasteiger partial charge in [-0.1, -0.05) is 13.0 Å². The summed E-state index contributed by atoms with van der Waals surface area (Å²) in [4.78, 5) is 29.3. The normalized spacial score (nSPS) is 22.5. The highest BCUT2D eigenvalue weighted by Gasteiger charge is 2.29. The summed E-state index contributed by atoms with van der Waals surface area (Å²) in [5, 5.41) is 8.73. The molecule has 1 aromatic heterocycles. The molecule has 1 fully saturated rings. The molecule has 2 atom stereocenters. The van der Waals surface area contributed by atoms with Gasteiger partial charge >= 0.3 is 5.97 Å². The van der Waals surface area contributed by atoms with E-state index >= 15 is 0 Å². The molecule has 1 aromatic rings. The lowest BCUT2D eigenvalue weighted by Gasteiger charge is -2.36. The molecule has 5 nitrogen and oxygen atoms in total. The number of rotatable bonds is 3. The van der Waals surface area contributed by atoms with E-state index in [0.717, 1.165) is 25.5 Å². The first-order valence-corrected chi connectivity index (χ1v) is 7.16. The molecule has 0 bridgehead atoms. The van der Waals surface area contributed by atoms with Crippen molar-refractivity contribution in [3.8, 4) is 0 Å². The third kappa shape index (κ3) is 3.68. The summed E-state index contributed by atoms with van der Waals surface area (Å²) in [7, 11) is 0. The Hall–Kier alpha value is -2.17. The van der Waals surface area contributed by atoms with Crippen molar-refractivity contribution >= 4 is 18.0 Å². The number of hydrogen-bond acceptors (Lipinski definition) is 3. The maximum absolute atomic E-state index is 12.7. The summed E-state index contributed by atoms with van der Waals surface area (Å²) >= 11 is 0. The predicted octanol–water partition coefficient (Wildman–Crippen LogP) is 2.44. The monoisotopic (exact) mass is 288 g/mol. The second kappa shape index (κ2) is 6.52. The number of amides is 1. The quantitative estimate of drug-likeness (QED) is 0.867. The molecule has 1 aliphatic rings. The average molecular weight is 288 g/mol. The van der Waals surface area contributed by atoms with E-state index in [-0.39, 0.29) is 11.9 Å². The van der Waals surface area contributed by atoms with Crippen LogP contribution >= 0.6 is 0 Å². The van der Waals surface area contributed by atoms with Crippen LogP contribution in [0.5, 0.6) is 0 Å². The Morgan fingerprint density at radius 2 is 2.14 bits per heavy atom. The van der Waals surface area contributed by atoms with Crippen LogP contribution in [0.3, 0.4) is 0 Å². The van der Waals surface area contributed by atoms with E-state index in [1.807, 2.05) is 11.8 Å². The van der Waals surface area contributed by atoms with Gasteiger partial charge in [-0.25, -0.2) is 4.79 Å². The molecule has 21 heavy (non-hydrogen) atoms. The molecule has 1 N–H and O–H groups in total. The zero-order valence-corrected chi connectivity index (χ0v) is 12.3. The summed E-state index contributed by atoms with van der Waals surface area (Å²) in [6.45, 7) is 4.90. The maximum Gasteiger partial charge on any atom is 0.328 e. The molecule has 2 heterocycles. The smallest absolute Gasteiger partial charge is 0.328 e. The van der Waals surface area contributed by atoms with Crippen molar-refractivity contribution in [2.24, 2.45) is 5.92 Å². The number of carboxylic acids is 1. The van der Waals surface area contributed by atoms with Crippen LogP contribution in [-0.2, 0) is 4.79 Å². The molecule has 0 saturated carbocycles. The van der Waals surface area contributed by atoms with Gasteiger partial charge in [-0.05, 0) is 37.8 Å². The van der Waals surface area contributed by atoms with Crippen molar-refractivity contribution in [1.29, 1.82) is 0 Å². The van der Waals surface area contributed by atoms with Gasteiger partial charge in [0.05, 0.1) is 0 Å². The van der Waals surface area contributed by atoms with Gasteiger partial charge in [-0.3, -0.25) is 9.78 Å². The lowest BCUT2D eigenvalue weighted by atomic mass is 9.94. The van der Waals surface area contributed by atoms with Crippen LogP contribution in [0.15, 0.2) is 24.4 Å². The first-order chi connectivity index (χ1) is 9.99. The fourth-order valence-electron chi connectivity index (χ4n) is 2.60. The number of carboxylic acid groups (broad SMARTS) is 1. The van der Waals surface area contributed by atoms with Crippen molar-refractivity contribution in [1.82, 2.24) is 9.88 Å². The van der Waals surface area contributed by atoms with E-state index in [9.17, 15) is 9.59 Å². The van der Waals surface area contributed by atoms with Gasteiger partial charge in [0.2, 0.25) is 0 Å². The van der Waals surface area contributed by atoms with Crippen molar-refractivity contribution in [2.75, 3.05) is 6.54 Å². The van der Waals surface area contributed by atoms with Crippen LogP contribution in [0.1, 0.15) is 42.7 Å². The Morgan fingerprint density at radius 3 is 2.86 bits per heavy atom. The van der Waals surface area contributed by atoms with Crippen LogP contribution in [0.4, 0.5) is 0 Å². The van der Waals surface area contributed by atoms with E-state index in [1.54, 1.807) is 18.3 Å². The predicted molar refractivity (Wildman–Crippen MR) is 79.8 cm³/mol. The SMILES string of the molecule is CC1CCC(C)N(C(=O)c2ncccc2/C=C/C(=O)O)C1. The number of aliphatic carboxylic acids is 1. The van der Waals surface area contributed by atoms with Gasteiger partial charge in [-0.15, -0.1) is 0 Å². The second-order valence-corrected chi connectivity index (χ2v) is 5.60. The van der Waals surface area contributed by atoms with Gasteiger partial charge in [0, 0.05) is 30.4 Å². The van der Waals surface area contributed by atoms with Gasteiger partial charge < -0.3 is 10.0 Å². The first-order valence-electron chi connectivity index (χ1n) is 7.16. The van der Waals surface area contributed by atoms with E-state index in [4.69, 9.17) is 5.11 Å². The lowest BCUT2D eigenvalue weighted by molar-refractivity contribution is -0.131. The van der Waals surface area contributed by atoms with Crippen molar-refractivity contribution in [3.05, 3.63) is 35.7 Å². The molecule has 0 aromatic carbocycles. The molecule has 2 unspecified atom stereocenters. The van der Waals surface area contributed by atoms with Crippen molar-refractivity contribution in [3.63, 3.8) is 0 Å². The molecule has 0 aliphatic carbocycles. The number of likely N-dealkylation sites (tertiary alicyclic amines) is 1. The average Bonchev–Trinajstić information content (AvgIpc) is 2.47. The highest BCUT2D eigenvalue weighted by Crippen LogP contribution is 2.23. The van der Waals surface area contributed by atoms with Gasteiger partial charge in [0.15, 0.2) is 0 Å². The summed E-state index contributed by atoms with van der Waals surface area (Å²) < 4.78 is 0. The van der Waals surface area contributed by atoms with E-state index in [1.165, 1.54) is 6.08 Å². The molecule has 112 valence electrons. The number of pyridine rings is 1. The van der Waals surface area contributed by atoms with Crippen LogP contribution in [0, 0.1) is 5.92 Å². The molecule has 2 rings (SSSR count). The molecule has 0 radical (unpaired) electrons. The largest absolute Gasteiger partial charge is 0.478 e. The molecular formula is C16H20N2O3. The topological polar surface area (TPSA) is 70.5 Å². The van der Waals surface area contributed by atoms with E-state index in [2.05, 4.69) is 11.9 Å². The Morgan fingerprint density at radius 1 is 1.38 bits per heavy atom. The Bertz CT molecular complexity index is 568.